The third-order valence-electron chi connectivity index (χ3n) is 4.34. The molecule has 3 rings (SSSR count). The molecule has 3 aromatic rings. The predicted octanol–water partition coefficient (Wildman–Crippen LogP) is 5.60. The molecular formula is C21H19BrCl2N2O4S. The molecule has 0 atom stereocenters. The summed E-state index contributed by atoms with van der Waals surface area (Å²) >= 11 is 15.5. The van der Waals surface area contributed by atoms with Gasteiger partial charge < -0.3 is 14.8 Å². The minimum absolute atomic E-state index is 0.0611. The van der Waals surface area contributed by atoms with Crippen molar-refractivity contribution >= 4 is 54.8 Å². The van der Waals surface area contributed by atoms with Crippen LogP contribution in [0.1, 0.15) is 11.1 Å². The molecule has 0 heterocycles. The molecule has 3 N–H and O–H groups in total. The molecule has 31 heavy (non-hydrogen) atoms. The van der Waals surface area contributed by atoms with E-state index in [0.29, 0.717) is 34.7 Å². The zero-order chi connectivity index (χ0) is 22.6. The summed E-state index contributed by atoms with van der Waals surface area (Å²) < 4.78 is 34.9. The highest BCUT2D eigenvalue weighted by Crippen LogP contribution is 2.37. The Morgan fingerprint density at radius 3 is 2.32 bits per heavy atom. The van der Waals surface area contributed by atoms with Crippen molar-refractivity contribution in [3.05, 3.63) is 80.2 Å². The van der Waals surface area contributed by atoms with Crippen LogP contribution in [0.15, 0.2) is 64.0 Å². The summed E-state index contributed by atoms with van der Waals surface area (Å²) in [4.78, 5) is 0.0611. The van der Waals surface area contributed by atoms with E-state index in [2.05, 4.69) is 21.2 Å². The third-order valence-corrected chi connectivity index (χ3v) is 6.59. The number of nitrogens with one attached hydrogen (secondary N) is 1. The standard InChI is InChI=1S/C21H19BrCl2N2O4S/c1-29-20-10-14(11-26-15-3-5-16(6-4-15)31(25,27)28)8-17(22)21(20)30-12-13-2-7-18(23)19(24)9-13/h2-10,26H,11-12H2,1H3,(H2,25,27,28). The number of hydrogen-bond acceptors (Lipinski definition) is 5. The lowest BCUT2D eigenvalue weighted by molar-refractivity contribution is 0.282. The van der Waals surface area contributed by atoms with Gasteiger partial charge in [-0.05, 0) is 75.6 Å². The minimum atomic E-state index is -3.71. The smallest absolute Gasteiger partial charge is 0.238 e. The Morgan fingerprint density at radius 2 is 1.71 bits per heavy atom. The molecule has 0 saturated heterocycles. The van der Waals surface area contributed by atoms with Gasteiger partial charge in [0.25, 0.3) is 0 Å². The van der Waals surface area contributed by atoms with Gasteiger partial charge in [0.1, 0.15) is 6.61 Å². The highest BCUT2D eigenvalue weighted by molar-refractivity contribution is 9.10. The van der Waals surface area contributed by atoms with Crippen LogP contribution in [0.5, 0.6) is 11.5 Å². The lowest BCUT2D eigenvalue weighted by atomic mass is 10.2. The quantitative estimate of drug-likeness (QED) is 0.384. The second-order valence-electron chi connectivity index (χ2n) is 6.57. The van der Waals surface area contributed by atoms with Crippen molar-refractivity contribution in [3.8, 4) is 11.5 Å². The zero-order valence-corrected chi connectivity index (χ0v) is 20.3. The first kappa shape index (κ1) is 23.7. The molecule has 10 heteroatoms. The highest BCUT2D eigenvalue weighted by atomic mass is 79.9. The van der Waals surface area contributed by atoms with Crippen LogP contribution in [0, 0.1) is 0 Å². The van der Waals surface area contributed by atoms with E-state index in [9.17, 15) is 8.42 Å². The average molecular weight is 546 g/mol. The summed E-state index contributed by atoms with van der Waals surface area (Å²) in [5, 5.41) is 9.30. The Labute approximate surface area is 199 Å². The first-order valence-electron chi connectivity index (χ1n) is 8.97. The lowest BCUT2D eigenvalue weighted by Crippen LogP contribution is -2.12. The fourth-order valence-electron chi connectivity index (χ4n) is 2.77. The van der Waals surface area contributed by atoms with Crippen molar-refractivity contribution in [1.29, 1.82) is 0 Å². The summed E-state index contributed by atoms with van der Waals surface area (Å²) in [6.45, 7) is 0.774. The minimum Gasteiger partial charge on any atom is -0.493 e. The number of nitrogens with two attached hydrogens (primary N) is 1. The first-order chi connectivity index (χ1) is 14.7. The molecule has 0 saturated carbocycles. The number of primary sulfonamides is 1. The molecule has 0 aromatic heterocycles. The van der Waals surface area contributed by atoms with Crippen molar-refractivity contribution < 1.29 is 17.9 Å². The van der Waals surface area contributed by atoms with Gasteiger partial charge in [-0.3, -0.25) is 0 Å². The average Bonchev–Trinajstić information content (AvgIpc) is 2.73. The summed E-state index contributed by atoms with van der Waals surface area (Å²) in [6, 6.07) is 15.3. The van der Waals surface area contributed by atoms with Gasteiger partial charge in [-0.1, -0.05) is 29.3 Å². The number of sulfonamides is 1. The fourth-order valence-corrected chi connectivity index (χ4v) is 4.21. The van der Waals surface area contributed by atoms with E-state index in [1.54, 1.807) is 31.4 Å². The van der Waals surface area contributed by atoms with Crippen LogP contribution in [-0.2, 0) is 23.2 Å². The van der Waals surface area contributed by atoms with Gasteiger partial charge in [-0.15, -0.1) is 0 Å². The van der Waals surface area contributed by atoms with Gasteiger partial charge in [-0.2, -0.15) is 0 Å². The van der Waals surface area contributed by atoms with Crippen LogP contribution in [0.2, 0.25) is 10.0 Å². The van der Waals surface area contributed by atoms with Crippen LogP contribution < -0.4 is 19.9 Å². The molecule has 6 nitrogen and oxygen atoms in total. The van der Waals surface area contributed by atoms with Crippen LogP contribution in [0.4, 0.5) is 5.69 Å². The largest absolute Gasteiger partial charge is 0.493 e. The molecule has 0 radical (unpaired) electrons. The molecule has 0 bridgehead atoms. The van der Waals surface area contributed by atoms with E-state index in [1.807, 2.05) is 18.2 Å². The summed E-state index contributed by atoms with van der Waals surface area (Å²) in [7, 11) is -2.15. The Balaban J connectivity index is 1.70. The molecule has 164 valence electrons. The van der Waals surface area contributed by atoms with Crippen molar-refractivity contribution in [2.45, 2.75) is 18.0 Å². The molecule has 0 amide bonds. The Kier molecular flexibility index (Phi) is 7.72. The molecule has 0 unspecified atom stereocenters. The highest BCUT2D eigenvalue weighted by Gasteiger charge is 2.13. The number of hydrogen-bond donors (Lipinski definition) is 2. The Morgan fingerprint density at radius 1 is 1.00 bits per heavy atom. The monoisotopic (exact) mass is 544 g/mol. The van der Waals surface area contributed by atoms with Crippen LogP contribution in [0.3, 0.4) is 0 Å². The molecule has 0 fully saturated rings. The molecule has 0 aliphatic heterocycles. The van der Waals surface area contributed by atoms with Gasteiger partial charge in [0.15, 0.2) is 11.5 Å². The normalized spacial score (nSPS) is 11.3. The van der Waals surface area contributed by atoms with Gasteiger partial charge in [0.05, 0.1) is 26.5 Å². The van der Waals surface area contributed by atoms with Gasteiger partial charge >= 0.3 is 0 Å². The maximum atomic E-state index is 11.4. The summed E-state index contributed by atoms with van der Waals surface area (Å²) in [5.41, 5.74) is 2.56. The van der Waals surface area contributed by atoms with Gasteiger partial charge in [0, 0.05) is 12.2 Å². The van der Waals surface area contributed by atoms with Crippen molar-refractivity contribution in [2.24, 2.45) is 5.14 Å². The van der Waals surface area contributed by atoms with Crippen LogP contribution in [-0.4, -0.2) is 15.5 Å². The predicted molar refractivity (Wildman–Crippen MR) is 127 cm³/mol. The number of rotatable bonds is 8. The third kappa shape index (κ3) is 6.27. The second-order valence-corrected chi connectivity index (χ2v) is 9.80. The summed E-state index contributed by atoms with van der Waals surface area (Å²) in [5.74, 6) is 1.13. The molecule has 0 spiro atoms. The molecule has 0 aliphatic carbocycles. The van der Waals surface area contributed by atoms with Crippen molar-refractivity contribution in [3.63, 3.8) is 0 Å². The topological polar surface area (TPSA) is 90.6 Å². The zero-order valence-electron chi connectivity index (χ0n) is 16.4. The van der Waals surface area contributed by atoms with E-state index in [-0.39, 0.29) is 4.90 Å². The van der Waals surface area contributed by atoms with E-state index in [0.717, 1.165) is 21.3 Å². The van der Waals surface area contributed by atoms with E-state index < -0.39 is 10.0 Å². The fraction of sp³-hybridized carbons (Fsp3) is 0.143. The number of methoxy groups -OCH3 is 1. The van der Waals surface area contributed by atoms with Gasteiger partial charge in [-0.25, -0.2) is 13.6 Å². The number of ether oxygens (including phenoxy) is 2. The van der Waals surface area contributed by atoms with E-state index in [4.69, 9.17) is 37.8 Å². The molecular weight excluding hydrogens is 527 g/mol. The maximum Gasteiger partial charge on any atom is 0.238 e. The summed E-state index contributed by atoms with van der Waals surface area (Å²) in [6.07, 6.45) is 0. The first-order valence-corrected chi connectivity index (χ1v) is 12.1. The lowest BCUT2D eigenvalue weighted by Gasteiger charge is -2.15. The number of halogens is 3. The number of benzene rings is 3. The van der Waals surface area contributed by atoms with Crippen molar-refractivity contribution in [2.75, 3.05) is 12.4 Å². The Hall–Kier alpha value is -1.97. The van der Waals surface area contributed by atoms with E-state index in [1.165, 1.54) is 12.1 Å². The van der Waals surface area contributed by atoms with Crippen molar-refractivity contribution in [1.82, 2.24) is 0 Å². The van der Waals surface area contributed by atoms with Crippen LogP contribution >= 0.6 is 39.1 Å². The van der Waals surface area contributed by atoms with Gasteiger partial charge in [0.2, 0.25) is 10.0 Å². The van der Waals surface area contributed by atoms with E-state index >= 15 is 0 Å². The Bertz CT molecular complexity index is 1190. The second kappa shape index (κ2) is 10.1. The molecule has 0 aliphatic rings. The SMILES string of the molecule is COc1cc(CNc2ccc(S(N)(=O)=O)cc2)cc(Br)c1OCc1ccc(Cl)c(Cl)c1. The number of anilines is 1. The maximum absolute atomic E-state index is 11.4. The van der Waals surface area contributed by atoms with Crippen LogP contribution in [0.25, 0.3) is 0 Å². The molecule has 3 aromatic carbocycles.